The third kappa shape index (κ3) is 3.19. The Morgan fingerprint density at radius 1 is 1.24 bits per heavy atom. The van der Waals surface area contributed by atoms with Gasteiger partial charge in [-0.1, -0.05) is 41.4 Å². The van der Waals surface area contributed by atoms with E-state index < -0.39 is 0 Å². The van der Waals surface area contributed by atoms with E-state index in [9.17, 15) is 0 Å². The molecular weight excluding hydrogens is 304 g/mol. The van der Waals surface area contributed by atoms with Crippen molar-refractivity contribution >= 4 is 34.4 Å². The first-order chi connectivity index (χ1) is 10.1. The molecule has 2 heterocycles. The molecule has 4 nitrogen and oxygen atoms in total. The van der Waals surface area contributed by atoms with E-state index in [-0.39, 0.29) is 0 Å². The molecule has 6 heteroatoms. The predicted molar refractivity (Wildman–Crippen MR) is 87.5 cm³/mol. The molecule has 0 spiro atoms. The molecule has 21 heavy (non-hydrogen) atoms. The summed E-state index contributed by atoms with van der Waals surface area (Å²) < 4.78 is 1.72. The van der Waals surface area contributed by atoms with Gasteiger partial charge in [0.1, 0.15) is 11.0 Å². The van der Waals surface area contributed by atoms with Gasteiger partial charge >= 0.3 is 0 Å². The lowest BCUT2D eigenvalue weighted by Crippen LogP contribution is -1.98. The number of hydrogen-bond donors (Lipinski definition) is 0. The van der Waals surface area contributed by atoms with Crippen molar-refractivity contribution in [1.29, 1.82) is 0 Å². The summed E-state index contributed by atoms with van der Waals surface area (Å²) in [4.78, 5) is 8.87. The number of nitrogens with zero attached hydrogens (tertiary/aromatic N) is 4. The van der Waals surface area contributed by atoms with Crippen LogP contribution in [0, 0.1) is 6.92 Å². The van der Waals surface area contributed by atoms with Crippen LogP contribution in [0.25, 0.3) is 11.0 Å². The fraction of sp³-hybridized carbons (Fsp3) is 0.267. The van der Waals surface area contributed by atoms with E-state index in [2.05, 4.69) is 46.3 Å². The number of hydrogen-bond acceptors (Lipinski definition) is 4. The van der Waals surface area contributed by atoms with Crippen molar-refractivity contribution in [3.63, 3.8) is 0 Å². The molecule has 0 aliphatic heterocycles. The lowest BCUT2D eigenvalue weighted by molar-refractivity contribution is 0.782. The van der Waals surface area contributed by atoms with Crippen LogP contribution in [0.15, 0.2) is 30.5 Å². The van der Waals surface area contributed by atoms with Gasteiger partial charge in [-0.05, 0) is 12.5 Å². The molecule has 0 atom stereocenters. The number of halogens is 1. The van der Waals surface area contributed by atoms with Gasteiger partial charge in [0.25, 0.3) is 0 Å². The van der Waals surface area contributed by atoms with Crippen LogP contribution in [0.4, 0.5) is 0 Å². The highest BCUT2D eigenvalue weighted by Gasteiger charge is 2.09. The molecule has 3 aromatic rings. The molecule has 0 aliphatic carbocycles. The average molecular weight is 319 g/mol. The van der Waals surface area contributed by atoms with E-state index in [4.69, 9.17) is 11.6 Å². The Hall–Kier alpha value is -1.59. The molecule has 0 saturated carbocycles. The molecule has 0 aliphatic rings. The minimum absolute atomic E-state index is 0.472. The minimum atomic E-state index is 0.472. The minimum Gasteiger partial charge on any atom is -0.250 e. The lowest BCUT2D eigenvalue weighted by atomic mass is 10.2. The first-order valence-corrected chi connectivity index (χ1v) is 8.14. The zero-order valence-corrected chi connectivity index (χ0v) is 13.4. The molecule has 0 bridgehead atoms. The van der Waals surface area contributed by atoms with Crippen molar-refractivity contribution in [2.24, 2.45) is 7.05 Å². The molecule has 0 amide bonds. The molecule has 0 fully saturated rings. The van der Waals surface area contributed by atoms with Gasteiger partial charge in [-0.25, -0.2) is 9.97 Å². The maximum atomic E-state index is 6.18. The summed E-state index contributed by atoms with van der Waals surface area (Å²) in [6, 6.07) is 8.52. The van der Waals surface area contributed by atoms with Crippen molar-refractivity contribution in [3.8, 4) is 0 Å². The molecule has 3 rings (SSSR count). The molecule has 2 aromatic heterocycles. The largest absolute Gasteiger partial charge is 0.250 e. The number of rotatable bonds is 4. The molecule has 108 valence electrons. The Bertz CT molecular complexity index is 784. The van der Waals surface area contributed by atoms with Crippen LogP contribution in [-0.4, -0.2) is 19.7 Å². The second kappa shape index (κ2) is 6.03. The summed E-state index contributed by atoms with van der Waals surface area (Å²) in [6.45, 7) is 2.10. The number of thioether (sulfide) groups is 1. The SMILES string of the molecule is Cc1cccc(CSCc2nc(Cl)c3cnn(C)c3n2)c1. The number of fused-ring (bicyclic) bond motifs is 1. The van der Waals surface area contributed by atoms with Crippen molar-refractivity contribution in [3.05, 3.63) is 52.6 Å². The number of aryl methyl sites for hydroxylation is 2. The summed E-state index contributed by atoms with van der Waals surface area (Å²) in [6.07, 6.45) is 1.70. The monoisotopic (exact) mass is 318 g/mol. The number of aromatic nitrogens is 4. The maximum absolute atomic E-state index is 6.18. The predicted octanol–water partition coefficient (Wildman–Crippen LogP) is 3.76. The van der Waals surface area contributed by atoms with Gasteiger partial charge in [0.05, 0.1) is 17.3 Å². The van der Waals surface area contributed by atoms with Gasteiger partial charge in [-0.15, -0.1) is 11.8 Å². The smallest absolute Gasteiger partial charge is 0.162 e. The van der Waals surface area contributed by atoms with Gasteiger partial charge in [0.15, 0.2) is 5.65 Å². The van der Waals surface area contributed by atoms with E-state index in [1.54, 1.807) is 22.6 Å². The first-order valence-electron chi connectivity index (χ1n) is 6.61. The standard InChI is InChI=1S/C15H15ClN4S/c1-10-4-3-5-11(6-10)8-21-9-13-18-14(16)12-7-17-20(2)15(12)19-13/h3-7H,8-9H2,1-2H3. The summed E-state index contributed by atoms with van der Waals surface area (Å²) in [7, 11) is 1.86. The van der Waals surface area contributed by atoms with Crippen LogP contribution in [-0.2, 0) is 18.6 Å². The Labute approximate surface area is 132 Å². The zero-order valence-electron chi connectivity index (χ0n) is 11.9. The van der Waals surface area contributed by atoms with Crippen LogP contribution in [0.1, 0.15) is 17.0 Å². The Balaban J connectivity index is 1.72. The van der Waals surface area contributed by atoms with E-state index in [1.807, 2.05) is 7.05 Å². The summed E-state index contributed by atoms with van der Waals surface area (Å²) in [5.41, 5.74) is 3.37. The van der Waals surface area contributed by atoms with Crippen LogP contribution in [0.3, 0.4) is 0 Å². The second-order valence-electron chi connectivity index (χ2n) is 4.92. The van der Waals surface area contributed by atoms with Gasteiger partial charge < -0.3 is 0 Å². The van der Waals surface area contributed by atoms with E-state index in [1.165, 1.54) is 11.1 Å². The topological polar surface area (TPSA) is 43.6 Å². The van der Waals surface area contributed by atoms with Crippen molar-refractivity contribution in [2.75, 3.05) is 0 Å². The van der Waals surface area contributed by atoms with Crippen molar-refractivity contribution in [1.82, 2.24) is 19.7 Å². The van der Waals surface area contributed by atoms with Gasteiger partial charge in [0, 0.05) is 12.8 Å². The lowest BCUT2D eigenvalue weighted by Gasteiger charge is -2.04. The summed E-state index contributed by atoms with van der Waals surface area (Å²) in [5.74, 6) is 2.41. The van der Waals surface area contributed by atoms with Gasteiger partial charge in [0.2, 0.25) is 0 Å². The molecular formula is C15H15ClN4S. The van der Waals surface area contributed by atoms with Crippen LogP contribution < -0.4 is 0 Å². The third-order valence-electron chi connectivity index (χ3n) is 3.17. The highest BCUT2D eigenvalue weighted by molar-refractivity contribution is 7.97. The van der Waals surface area contributed by atoms with Gasteiger partial charge in [-0.3, -0.25) is 4.68 Å². The quantitative estimate of drug-likeness (QED) is 0.687. The van der Waals surface area contributed by atoms with E-state index in [0.717, 1.165) is 28.4 Å². The number of benzene rings is 1. The summed E-state index contributed by atoms with van der Waals surface area (Å²) >= 11 is 7.96. The van der Waals surface area contributed by atoms with E-state index in [0.29, 0.717) is 5.15 Å². The fourth-order valence-corrected chi connectivity index (χ4v) is 3.22. The van der Waals surface area contributed by atoms with Gasteiger partial charge in [-0.2, -0.15) is 5.10 Å². The first kappa shape index (κ1) is 14.4. The van der Waals surface area contributed by atoms with Crippen LogP contribution >= 0.6 is 23.4 Å². The Kier molecular flexibility index (Phi) is 4.12. The van der Waals surface area contributed by atoms with Crippen LogP contribution in [0.5, 0.6) is 0 Å². The highest BCUT2D eigenvalue weighted by atomic mass is 35.5. The highest BCUT2D eigenvalue weighted by Crippen LogP contribution is 2.22. The fourth-order valence-electron chi connectivity index (χ4n) is 2.16. The van der Waals surface area contributed by atoms with Crippen molar-refractivity contribution in [2.45, 2.75) is 18.4 Å². The van der Waals surface area contributed by atoms with Crippen LogP contribution in [0.2, 0.25) is 5.15 Å². The zero-order chi connectivity index (χ0) is 14.8. The summed E-state index contributed by atoms with van der Waals surface area (Å²) in [5, 5.41) is 5.43. The van der Waals surface area contributed by atoms with Crippen molar-refractivity contribution < 1.29 is 0 Å². The average Bonchev–Trinajstić information content (AvgIpc) is 2.81. The Morgan fingerprint density at radius 3 is 2.90 bits per heavy atom. The molecule has 0 radical (unpaired) electrons. The third-order valence-corrected chi connectivity index (χ3v) is 4.46. The normalized spacial score (nSPS) is 11.2. The second-order valence-corrected chi connectivity index (χ2v) is 6.26. The van der Waals surface area contributed by atoms with E-state index >= 15 is 0 Å². The molecule has 1 aromatic carbocycles. The maximum Gasteiger partial charge on any atom is 0.162 e. The molecule has 0 unspecified atom stereocenters. The Morgan fingerprint density at radius 2 is 2.10 bits per heavy atom. The molecule has 0 saturated heterocycles. The molecule has 0 N–H and O–H groups in total.